The minimum absolute atomic E-state index is 0.0701. The molecule has 2 N–H and O–H groups in total. The van der Waals surface area contributed by atoms with E-state index in [1.807, 2.05) is 0 Å². The fourth-order valence-electron chi connectivity index (χ4n) is 2.80. The highest BCUT2D eigenvalue weighted by atomic mass is 16.6. The number of non-ortho nitro benzene ring substituents is 1. The third kappa shape index (κ3) is 4.42. The monoisotopic (exact) mass is 364 g/mol. The summed E-state index contributed by atoms with van der Waals surface area (Å²) < 4.78 is 5.01. The zero-order valence-electron chi connectivity index (χ0n) is 14.4. The number of rotatable bonds is 8. The molecular formula is C17H20N2O7. The largest absolute Gasteiger partial charge is 0.460 e. The maximum Gasteiger partial charge on any atom is 0.313 e. The standard InChI is InChI=1S/C17H20N2O7/c1-9(16-15(10(2)20)17(23)18-16)13(21)7-14(22)26-8-11-3-5-12(6-4-11)19(24)25/h3-6,9-10,15-16,20H,7-8H2,1-2H3,(H,18,23). The van der Waals surface area contributed by atoms with Gasteiger partial charge in [0, 0.05) is 18.1 Å². The number of nitrogens with zero attached hydrogens (tertiary/aromatic N) is 1. The van der Waals surface area contributed by atoms with Crippen LogP contribution < -0.4 is 5.32 Å². The van der Waals surface area contributed by atoms with Gasteiger partial charge >= 0.3 is 5.97 Å². The number of carbonyl (C=O) groups excluding carboxylic acids is 3. The summed E-state index contributed by atoms with van der Waals surface area (Å²) in [5.74, 6) is -2.72. The van der Waals surface area contributed by atoms with Crippen molar-refractivity contribution in [2.45, 2.75) is 39.0 Å². The maximum atomic E-state index is 12.2. The molecule has 9 nitrogen and oxygen atoms in total. The molecule has 1 heterocycles. The van der Waals surface area contributed by atoms with Crippen molar-refractivity contribution in [3.05, 3.63) is 39.9 Å². The van der Waals surface area contributed by atoms with E-state index in [-0.39, 0.29) is 18.2 Å². The van der Waals surface area contributed by atoms with Crippen LogP contribution in [0.4, 0.5) is 5.69 Å². The minimum Gasteiger partial charge on any atom is -0.460 e. The van der Waals surface area contributed by atoms with Crippen LogP contribution in [0.15, 0.2) is 24.3 Å². The average Bonchev–Trinajstić information content (AvgIpc) is 2.56. The molecule has 4 atom stereocenters. The maximum absolute atomic E-state index is 12.2. The van der Waals surface area contributed by atoms with Gasteiger partial charge < -0.3 is 15.2 Å². The Hall–Kier alpha value is -2.81. The first-order chi connectivity index (χ1) is 12.2. The molecule has 1 aliphatic rings. The van der Waals surface area contributed by atoms with Crippen molar-refractivity contribution in [3.63, 3.8) is 0 Å². The minimum atomic E-state index is -0.877. The summed E-state index contributed by atoms with van der Waals surface area (Å²) in [6.07, 6.45) is -1.33. The molecule has 0 spiro atoms. The summed E-state index contributed by atoms with van der Waals surface area (Å²) in [6.45, 7) is 2.96. The van der Waals surface area contributed by atoms with Gasteiger partial charge in [0.15, 0.2) is 0 Å². The number of Topliss-reactive ketones (excluding diaryl/α,β-unsaturated/α-hetero) is 1. The normalized spacial score (nSPS) is 21.1. The molecule has 0 bridgehead atoms. The predicted molar refractivity (Wildman–Crippen MR) is 88.8 cm³/mol. The summed E-state index contributed by atoms with van der Waals surface area (Å²) in [5, 5.41) is 22.7. The lowest BCUT2D eigenvalue weighted by Gasteiger charge is -2.41. The van der Waals surface area contributed by atoms with E-state index < -0.39 is 47.1 Å². The fraction of sp³-hybridized carbons (Fsp3) is 0.471. The Kier molecular flexibility index (Phi) is 6.04. The van der Waals surface area contributed by atoms with Gasteiger partial charge in [0.25, 0.3) is 5.69 Å². The second-order valence-electron chi connectivity index (χ2n) is 6.32. The lowest BCUT2D eigenvalue weighted by atomic mass is 9.77. The zero-order valence-corrected chi connectivity index (χ0v) is 14.4. The van der Waals surface area contributed by atoms with Crippen molar-refractivity contribution in [1.29, 1.82) is 0 Å². The Morgan fingerprint density at radius 3 is 2.42 bits per heavy atom. The number of ketones is 1. The fourth-order valence-corrected chi connectivity index (χ4v) is 2.80. The van der Waals surface area contributed by atoms with Gasteiger partial charge in [-0.2, -0.15) is 0 Å². The summed E-state index contributed by atoms with van der Waals surface area (Å²) in [5.41, 5.74) is 0.490. The first-order valence-corrected chi connectivity index (χ1v) is 8.10. The number of carbonyl (C=O) groups is 3. The van der Waals surface area contributed by atoms with Crippen LogP contribution in [-0.4, -0.2) is 39.8 Å². The molecule has 0 saturated carbocycles. The number of hydrogen-bond donors (Lipinski definition) is 2. The van der Waals surface area contributed by atoms with Gasteiger partial charge in [0.2, 0.25) is 5.91 Å². The first-order valence-electron chi connectivity index (χ1n) is 8.10. The van der Waals surface area contributed by atoms with Gasteiger partial charge in [-0.15, -0.1) is 0 Å². The Labute approximate surface area is 149 Å². The molecule has 1 amide bonds. The Balaban J connectivity index is 1.82. The number of aliphatic hydroxyl groups excluding tert-OH is 1. The van der Waals surface area contributed by atoms with Crippen molar-refractivity contribution in [2.75, 3.05) is 0 Å². The van der Waals surface area contributed by atoms with Gasteiger partial charge in [-0.25, -0.2) is 0 Å². The number of hydrogen-bond acceptors (Lipinski definition) is 7. The quantitative estimate of drug-likeness (QED) is 0.228. The van der Waals surface area contributed by atoms with Gasteiger partial charge in [-0.05, 0) is 24.6 Å². The van der Waals surface area contributed by atoms with E-state index in [2.05, 4.69) is 5.32 Å². The van der Waals surface area contributed by atoms with Gasteiger partial charge in [0.05, 0.1) is 23.0 Å². The second-order valence-corrected chi connectivity index (χ2v) is 6.32. The number of amides is 1. The van der Waals surface area contributed by atoms with Gasteiger partial charge in [-0.3, -0.25) is 24.5 Å². The number of benzene rings is 1. The van der Waals surface area contributed by atoms with Crippen LogP contribution in [0.1, 0.15) is 25.8 Å². The van der Waals surface area contributed by atoms with Crippen molar-refractivity contribution < 1.29 is 29.2 Å². The molecule has 0 aliphatic carbocycles. The number of nitro groups is 1. The van der Waals surface area contributed by atoms with Gasteiger partial charge in [0.1, 0.15) is 18.8 Å². The molecule has 140 valence electrons. The van der Waals surface area contributed by atoms with Crippen LogP contribution >= 0.6 is 0 Å². The number of ether oxygens (including phenoxy) is 1. The predicted octanol–water partition coefficient (Wildman–Crippen LogP) is 0.729. The SMILES string of the molecule is CC(O)C1C(=O)NC1C(C)C(=O)CC(=O)OCc1ccc([N+](=O)[O-])cc1. The van der Waals surface area contributed by atoms with Crippen molar-refractivity contribution in [3.8, 4) is 0 Å². The lowest BCUT2D eigenvalue weighted by Crippen LogP contribution is -2.65. The highest BCUT2D eigenvalue weighted by Gasteiger charge is 2.47. The lowest BCUT2D eigenvalue weighted by molar-refractivity contribution is -0.384. The molecule has 1 aromatic rings. The summed E-state index contributed by atoms with van der Waals surface area (Å²) in [7, 11) is 0. The van der Waals surface area contributed by atoms with Crippen molar-refractivity contribution in [2.24, 2.45) is 11.8 Å². The summed E-state index contributed by atoms with van der Waals surface area (Å²) in [4.78, 5) is 45.5. The van der Waals surface area contributed by atoms with E-state index in [9.17, 15) is 29.6 Å². The molecule has 1 saturated heterocycles. The molecule has 1 fully saturated rings. The van der Waals surface area contributed by atoms with E-state index in [1.165, 1.54) is 31.2 Å². The van der Waals surface area contributed by atoms with Crippen LogP contribution in [-0.2, 0) is 25.7 Å². The van der Waals surface area contributed by atoms with E-state index in [1.54, 1.807) is 6.92 Å². The molecule has 2 rings (SSSR count). The molecule has 0 radical (unpaired) electrons. The Morgan fingerprint density at radius 1 is 1.31 bits per heavy atom. The highest BCUT2D eigenvalue weighted by molar-refractivity contribution is 5.98. The smallest absolute Gasteiger partial charge is 0.313 e. The molecule has 0 aromatic heterocycles. The van der Waals surface area contributed by atoms with Gasteiger partial charge in [-0.1, -0.05) is 6.92 Å². The van der Waals surface area contributed by atoms with Crippen LogP contribution in [0, 0.1) is 22.0 Å². The molecule has 1 aliphatic heterocycles. The molecule has 9 heteroatoms. The number of nitrogens with one attached hydrogen (secondary N) is 1. The van der Waals surface area contributed by atoms with E-state index >= 15 is 0 Å². The zero-order chi connectivity index (χ0) is 19.4. The van der Waals surface area contributed by atoms with Crippen LogP contribution in [0.25, 0.3) is 0 Å². The summed E-state index contributed by atoms with van der Waals surface area (Å²) in [6, 6.07) is 5.02. The second kappa shape index (κ2) is 8.05. The molecule has 26 heavy (non-hydrogen) atoms. The third-order valence-electron chi connectivity index (χ3n) is 4.43. The first kappa shape index (κ1) is 19.5. The van der Waals surface area contributed by atoms with E-state index in [0.717, 1.165) is 0 Å². The van der Waals surface area contributed by atoms with E-state index in [4.69, 9.17) is 4.74 Å². The number of aliphatic hydroxyl groups is 1. The van der Waals surface area contributed by atoms with Crippen molar-refractivity contribution in [1.82, 2.24) is 5.32 Å². The van der Waals surface area contributed by atoms with Crippen LogP contribution in [0.2, 0.25) is 0 Å². The topological polar surface area (TPSA) is 136 Å². The summed E-state index contributed by atoms with van der Waals surface area (Å²) >= 11 is 0. The molecule has 4 unspecified atom stereocenters. The van der Waals surface area contributed by atoms with Crippen LogP contribution in [0.5, 0.6) is 0 Å². The molecular weight excluding hydrogens is 344 g/mol. The van der Waals surface area contributed by atoms with Crippen LogP contribution in [0.3, 0.4) is 0 Å². The van der Waals surface area contributed by atoms with Crippen molar-refractivity contribution >= 4 is 23.3 Å². The Morgan fingerprint density at radius 2 is 1.92 bits per heavy atom. The van der Waals surface area contributed by atoms with E-state index in [0.29, 0.717) is 5.56 Å². The number of β-lactam (4-membered cyclic amide) rings is 1. The highest BCUT2D eigenvalue weighted by Crippen LogP contribution is 2.26. The third-order valence-corrected chi connectivity index (χ3v) is 4.43. The Bertz CT molecular complexity index is 714. The molecule has 1 aromatic carbocycles. The number of nitro benzene ring substituents is 1. The number of esters is 1. The average molecular weight is 364 g/mol.